The molecule has 0 saturated carbocycles. The topological polar surface area (TPSA) is 122 Å². The van der Waals surface area contributed by atoms with Crippen molar-refractivity contribution < 1.29 is 14.7 Å². The van der Waals surface area contributed by atoms with Gasteiger partial charge in [0.05, 0.1) is 27.2 Å². The zero-order chi connectivity index (χ0) is 27.6. The van der Waals surface area contributed by atoms with E-state index in [1.807, 2.05) is 13.1 Å². The van der Waals surface area contributed by atoms with Gasteiger partial charge in [-0.15, -0.1) is 0 Å². The molecular weight excluding hydrogens is 508 g/mol. The molecule has 4 aromatic rings. The Kier molecular flexibility index (Phi) is 7.80. The minimum absolute atomic E-state index is 0.0111. The fourth-order valence-electron chi connectivity index (χ4n) is 4.42. The van der Waals surface area contributed by atoms with Gasteiger partial charge in [-0.1, -0.05) is 41.9 Å². The Morgan fingerprint density at radius 2 is 1.71 bits per heavy atom. The maximum atomic E-state index is 13.3. The predicted octanol–water partition coefficient (Wildman–Crippen LogP) is 2.80. The number of aryl methyl sites for hydroxylation is 2. The van der Waals surface area contributed by atoms with E-state index in [9.17, 15) is 24.3 Å². The number of hydrogen-bond acceptors (Lipinski definition) is 5. The van der Waals surface area contributed by atoms with Crippen LogP contribution in [-0.2, 0) is 24.8 Å². The van der Waals surface area contributed by atoms with Crippen molar-refractivity contribution >= 4 is 34.4 Å². The smallest absolute Gasteiger partial charge is 0.335 e. The highest BCUT2D eigenvalue weighted by Crippen LogP contribution is 2.20. The van der Waals surface area contributed by atoms with Crippen molar-refractivity contribution in [2.45, 2.75) is 25.9 Å². The molecule has 3 N–H and O–H groups in total. The van der Waals surface area contributed by atoms with Crippen LogP contribution < -0.4 is 21.9 Å². The lowest BCUT2D eigenvalue weighted by Gasteiger charge is -2.17. The fraction of sp³-hybridized carbons (Fsp3) is 0.214. The number of fused-ring (bicyclic) bond motifs is 1. The van der Waals surface area contributed by atoms with Gasteiger partial charge in [0.1, 0.15) is 6.04 Å². The second-order valence-corrected chi connectivity index (χ2v) is 9.44. The predicted molar refractivity (Wildman–Crippen MR) is 146 cm³/mol. The van der Waals surface area contributed by atoms with Crippen LogP contribution in [0.4, 0.5) is 0 Å². The van der Waals surface area contributed by atoms with Gasteiger partial charge < -0.3 is 15.7 Å². The van der Waals surface area contributed by atoms with Gasteiger partial charge in [-0.05, 0) is 61.0 Å². The number of hydrogen-bond donors (Lipinski definition) is 3. The van der Waals surface area contributed by atoms with Crippen LogP contribution >= 0.6 is 11.6 Å². The summed E-state index contributed by atoms with van der Waals surface area (Å²) in [7, 11) is 3.41. The van der Waals surface area contributed by atoms with Crippen molar-refractivity contribution in [2.75, 3.05) is 7.05 Å². The second-order valence-electron chi connectivity index (χ2n) is 9.03. The summed E-state index contributed by atoms with van der Waals surface area (Å²) in [4.78, 5) is 51.1. The van der Waals surface area contributed by atoms with Crippen LogP contribution in [0, 0.1) is 6.92 Å². The first kappa shape index (κ1) is 26.8. The summed E-state index contributed by atoms with van der Waals surface area (Å²) in [5, 5.41) is 15.9. The molecule has 38 heavy (non-hydrogen) atoms. The first-order chi connectivity index (χ1) is 18.1. The molecule has 0 aliphatic heterocycles. The van der Waals surface area contributed by atoms with Crippen LogP contribution in [0.15, 0.2) is 70.3 Å². The molecule has 0 unspecified atom stereocenters. The van der Waals surface area contributed by atoms with Gasteiger partial charge in [0.25, 0.3) is 11.5 Å². The summed E-state index contributed by atoms with van der Waals surface area (Å²) in [6, 6.07) is 15.6. The molecule has 1 amide bonds. The van der Waals surface area contributed by atoms with Crippen LogP contribution in [0.2, 0.25) is 5.02 Å². The maximum absolute atomic E-state index is 13.3. The Morgan fingerprint density at radius 1 is 1.03 bits per heavy atom. The number of aromatic nitrogens is 2. The van der Waals surface area contributed by atoms with E-state index in [0.29, 0.717) is 34.3 Å². The van der Waals surface area contributed by atoms with E-state index in [1.165, 1.54) is 4.57 Å². The molecule has 0 radical (unpaired) electrons. The molecule has 1 aromatic heterocycles. The molecule has 3 aromatic carbocycles. The second kappa shape index (κ2) is 11.0. The van der Waals surface area contributed by atoms with E-state index in [2.05, 4.69) is 10.6 Å². The van der Waals surface area contributed by atoms with Gasteiger partial charge in [-0.3, -0.25) is 14.2 Å². The van der Waals surface area contributed by atoms with Crippen molar-refractivity contribution in [3.63, 3.8) is 0 Å². The highest BCUT2D eigenvalue weighted by molar-refractivity contribution is 6.34. The molecule has 0 saturated heterocycles. The first-order valence-electron chi connectivity index (χ1n) is 11.9. The molecule has 0 bridgehead atoms. The number of amides is 1. The Bertz CT molecular complexity index is 1640. The average molecular weight is 535 g/mol. The fourth-order valence-corrected chi connectivity index (χ4v) is 4.72. The Hall–Kier alpha value is -4.21. The van der Waals surface area contributed by atoms with E-state index in [0.717, 1.165) is 10.1 Å². The van der Waals surface area contributed by atoms with Crippen LogP contribution in [0.5, 0.6) is 0 Å². The van der Waals surface area contributed by atoms with Gasteiger partial charge in [0.15, 0.2) is 0 Å². The lowest BCUT2D eigenvalue weighted by Crippen LogP contribution is -2.42. The van der Waals surface area contributed by atoms with Gasteiger partial charge in [-0.2, -0.15) is 0 Å². The molecule has 0 spiro atoms. The lowest BCUT2D eigenvalue weighted by atomic mass is 10.0. The lowest BCUT2D eigenvalue weighted by molar-refractivity contribution is -0.139. The third-order valence-electron chi connectivity index (χ3n) is 6.40. The number of nitrogens with one attached hydrogen (secondary N) is 2. The Balaban J connectivity index is 1.63. The van der Waals surface area contributed by atoms with E-state index >= 15 is 0 Å². The van der Waals surface area contributed by atoms with Gasteiger partial charge in [0, 0.05) is 20.0 Å². The average Bonchev–Trinajstić information content (AvgIpc) is 2.88. The summed E-state index contributed by atoms with van der Waals surface area (Å²) in [5.74, 6) is -1.79. The van der Waals surface area contributed by atoms with E-state index in [4.69, 9.17) is 11.6 Å². The molecular formula is C28H27ClN4O5. The van der Waals surface area contributed by atoms with Crippen molar-refractivity contribution in [3.05, 3.63) is 109 Å². The highest BCUT2D eigenvalue weighted by atomic mass is 35.5. The number of rotatable bonds is 8. The van der Waals surface area contributed by atoms with E-state index < -0.39 is 29.2 Å². The summed E-state index contributed by atoms with van der Waals surface area (Å²) >= 11 is 6.15. The standard InChI is InChI=1S/C28H27ClN4O5/c1-16-5-4-6-21(29)24(16)25(34)31-22(27(36)37)14-17-7-10-19(11-8-17)33-26(35)20-13-18(15-30-2)9-12-23(20)32(3)28(33)38/h4-13,22,30H,14-15H2,1-3H3,(H,31,34)(H,36,37)/t22-/m0/s1. The maximum Gasteiger partial charge on any atom is 0.335 e. The number of aliphatic carboxylic acids is 1. The van der Waals surface area contributed by atoms with Crippen molar-refractivity contribution in [1.82, 2.24) is 19.8 Å². The van der Waals surface area contributed by atoms with Crippen LogP contribution in [0.25, 0.3) is 16.6 Å². The quantitative estimate of drug-likeness (QED) is 0.319. The molecule has 0 fully saturated rings. The summed E-state index contributed by atoms with van der Waals surface area (Å²) < 4.78 is 2.51. The minimum atomic E-state index is -1.22. The number of nitrogens with zero attached hydrogens (tertiary/aromatic N) is 2. The molecule has 10 heteroatoms. The Morgan fingerprint density at radius 3 is 2.34 bits per heavy atom. The van der Waals surface area contributed by atoms with Crippen molar-refractivity contribution in [2.24, 2.45) is 7.05 Å². The molecule has 9 nitrogen and oxygen atoms in total. The largest absolute Gasteiger partial charge is 0.480 e. The molecule has 4 rings (SSSR count). The number of benzene rings is 3. The third kappa shape index (κ3) is 5.25. The van der Waals surface area contributed by atoms with Crippen molar-refractivity contribution in [3.8, 4) is 5.69 Å². The van der Waals surface area contributed by atoms with Crippen molar-refractivity contribution in [1.29, 1.82) is 0 Å². The summed E-state index contributed by atoms with van der Waals surface area (Å²) in [6.45, 7) is 2.29. The van der Waals surface area contributed by atoms with Gasteiger partial charge >= 0.3 is 11.7 Å². The van der Waals surface area contributed by atoms with Gasteiger partial charge in [-0.25, -0.2) is 14.2 Å². The number of halogens is 1. The molecule has 196 valence electrons. The zero-order valence-electron chi connectivity index (χ0n) is 21.1. The molecule has 0 aliphatic carbocycles. The number of carboxylic acids is 1. The number of carbonyl (C=O) groups is 2. The number of carbonyl (C=O) groups excluding carboxylic acids is 1. The van der Waals surface area contributed by atoms with E-state index in [-0.39, 0.29) is 17.0 Å². The summed E-state index contributed by atoms with van der Waals surface area (Å²) in [5.41, 5.74) is 2.29. The normalized spacial score (nSPS) is 11.9. The van der Waals surface area contributed by atoms with Crippen LogP contribution in [-0.4, -0.2) is 39.2 Å². The monoisotopic (exact) mass is 534 g/mol. The third-order valence-corrected chi connectivity index (χ3v) is 6.72. The van der Waals surface area contributed by atoms with Crippen LogP contribution in [0.1, 0.15) is 27.0 Å². The zero-order valence-corrected chi connectivity index (χ0v) is 21.9. The molecule has 1 heterocycles. The first-order valence-corrected chi connectivity index (χ1v) is 12.3. The summed E-state index contributed by atoms with van der Waals surface area (Å²) in [6.07, 6.45) is -0.0111. The van der Waals surface area contributed by atoms with Gasteiger partial charge in [0.2, 0.25) is 0 Å². The molecule has 0 aliphatic rings. The highest BCUT2D eigenvalue weighted by Gasteiger charge is 2.23. The Labute approximate surface area is 223 Å². The minimum Gasteiger partial charge on any atom is -0.480 e. The van der Waals surface area contributed by atoms with Crippen LogP contribution in [0.3, 0.4) is 0 Å². The van der Waals surface area contributed by atoms with E-state index in [1.54, 1.807) is 68.6 Å². The molecule has 1 atom stereocenters. The SMILES string of the molecule is CNCc1ccc2c(c1)c(=O)n(-c1ccc(C[C@H](NC(=O)c3c(C)cccc3Cl)C(=O)O)cc1)c(=O)n2C. The number of carboxylic acid groups (broad SMARTS) is 1.